The molecule has 0 N–H and O–H groups in total. The molecule has 5 heteroatoms. The number of ether oxygens (including phenoxy) is 1. The highest BCUT2D eigenvalue weighted by Gasteiger charge is 2.49. The molecule has 2 amide bonds. The summed E-state index contributed by atoms with van der Waals surface area (Å²) in [6.45, 7) is 4.08. The molecular formula is C18H24N2O3. The minimum Gasteiger partial charge on any atom is -0.496 e. The standard InChI is InChI=1S/C18H24N2O3/c1-14(21)19-10-12-20(13-11-19)17(22)18(8-5-9-18)15-6-3-4-7-16(15)23-2/h3-4,6-7H,5,8-13H2,1-2H3. The van der Waals surface area contributed by atoms with E-state index in [4.69, 9.17) is 4.74 Å². The highest BCUT2D eigenvalue weighted by atomic mass is 16.5. The van der Waals surface area contributed by atoms with E-state index in [0.29, 0.717) is 26.2 Å². The Hall–Kier alpha value is -2.04. The fourth-order valence-electron chi connectivity index (χ4n) is 3.70. The third-order valence-corrected chi connectivity index (χ3v) is 5.25. The lowest BCUT2D eigenvalue weighted by Crippen LogP contribution is -2.57. The number of carbonyl (C=O) groups is 2. The van der Waals surface area contributed by atoms with Crippen molar-refractivity contribution in [1.29, 1.82) is 0 Å². The van der Waals surface area contributed by atoms with Gasteiger partial charge in [-0.2, -0.15) is 0 Å². The zero-order valence-corrected chi connectivity index (χ0v) is 13.9. The van der Waals surface area contributed by atoms with Crippen molar-refractivity contribution in [2.24, 2.45) is 0 Å². The summed E-state index contributed by atoms with van der Waals surface area (Å²) in [6, 6.07) is 7.85. The van der Waals surface area contributed by atoms with E-state index in [0.717, 1.165) is 30.6 Å². The molecule has 1 aliphatic heterocycles. The summed E-state index contributed by atoms with van der Waals surface area (Å²) >= 11 is 0. The van der Waals surface area contributed by atoms with Crippen molar-refractivity contribution in [3.8, 4) is 5.75 Å². The average molecular weight is 316 g/mol. The van der Waals surface area contributed by atoms with Crippen molar-refractivity contribution >= 4 is 11.8 Å². The summed E-state index contributed by atoms with van der Waals surface area (Å²) in [5, 5.41) is 0. The number of methoxy groups -OCH3 is 1. The lowest BCUT2D eigenvalue weighted by molar-refractivity contribution is -0.145. The van der Waals surface area contributed by atoms with Gasteiger partial charge in [-0.15, -0.1) is 0 Å². The lowest BCUT2D eigenvalue weighted by Gasteiger charge is -2.46. The Morgan fingerprint density at radius 3 is 2.17 bits per heavy atom. The molecular weight excluding hydrogens is 292 g/mol. The molecule has 3 rings (SSSR count). The van der Waals surface area contributed by atoms with Gasteiger partial charge in [-0.3, -0.25) is 9.59 Å². The number of amides is 2. The molecule has 0 aromatic heterocycles. The second kappa shape index (κ2) is 6.22. The van der Waals surface area contributed by atoms with E-state index in [9.17, 15) is 9.59 Å². The number of hydrogen-bond acceptors (Lipinski definition) is 3. The van der Waals surface area contributed by atoms with Gasteiger partial charge in [0.2, 0.25) is 11.8 Å². The van der Waals surface area contributed by atoms with Crippen LogP contribution in [-0.2, 0) is 15.0 Å². The molecule has 124 valence electrons. The van der Waals surface area contributed by atoms with E-state index in [1.165, 1.54) is 0 Å². The van der Waals surface area contributed by atoms with Gasteiger partial charge in [0.05, 0.1) is 12.5 Å². The largest absolute Gasteiger partial charge is 0.496 e. The van der Waals surface area contributed by atoms with Crippen LogP contribution in [-0.4, -0.2) is 54.9 Å². The average Bonchev–Trinajstić information content (AvgIpc) is 2.54. The molecule has 0 atom stereocenters. The van der Waals surface area contributed by atoms with Crippen molar-refractivity contribution < 1.29 is 14.3 Å². The summed E-state index contributed by atoms with van der Waals surface area (Å²) in [5.74, 6) is 1.07. The Labute approximate surface area is 137 Å². The van der Waals surface area contributed by atoms with Gasteiger partial charge in [-0.05, 0) is 18.9 Å². The van der Waals surface area contributed by atoms with Gasteiger partial charge in [-0.25, -0.2) is 0 Å². The normalized spacial score (nSPS) is 19.9. The quantitative estimate of drug-likeness (QED) is 0.854. The van der Waals surface area contributed by atoms with E-state index in [1.54, 1.807) is 18.9 Å². The molecule has 5 nitrogen and oxygen atoms in total. The Balaban J connectivity index is 1.81. The third kappa shape index (κ3) is 2.69. The van der Waals surface area contributed by atoms with E-state index in [1.807, 2.05) is 29.2 Å². The minimum absolute atomic E-state index is 0.0835. The maximum Gasteiger partial charge on any atom is 0.233 e. The molecule has 23 heavy (non-hydrogen) atoms. The van der Waals surface area contributed by atoms with E-state index >= 15 is 0 Å². The molecule has 0 radical (unpaired) electrons. The lowest BCUT2D eigenvalue weighted by atomic mass is 9.63. The summed E-state index contributed by atoms with van der Waals surface area (Å²) in [7, 11) is 1.65. The smallest absolute Gasteiger partial charge is 0.233 e. The summed E-state index contributed by atoms with van der Waals surface area (Å²) in [5.41, 5.74) is 0.568. The highest BCUT2D eigenvalue weighted by Crippen LogP contribution is 2.48. The molecule has 1 aliphatic carbocycles. The zero-order valence-electron chi connectivity index (χ0n) is 13.9. The third-order valence-electron chi connectivity index (χ3n) is 5.25. The van der Waals surface area contributed by atoms with Crippen molar-refractivity contribution in [1.82, 2.24) is 9.80 Å². The Kier molecular flexibility index (Phi) is 4.28. The predicted octanol–water partition coefficient (Wildman–Crippen LogP) is 1.81. The first-order valence-electron chi connectivity index (χ1n) is 8.27. The van der Waals surface area contributed by atoms with Gasteiger partial charge in [0.25, 0.3) is 0 Å². The number of carbonyl (C=O) groups excluding carboxylic acids is 2. The molecule has 2 aliphatic rings. The van der Waals surface area contributed by atoms with Crippen LogP contribution < -0.4 is 4.74 Å². The van der Waals surface area contributed by atoms with E-state index < -0.39 is 5.41 Å². The molecule has 2 fully saturated rings. The molecule has 1 heterocycles. The first-order valence-corrected chi connectivity index (χ1v) is 8.27. The molecule has 0 spiro atoms. The van der Waals surface area contributed by atoms with E-state index in [2.05, 4.69) is 0 Å². The monoisotopic (exact) mass is 316 g/mol. The zero-order chi connectivity index (χ0) is 16.4. The van der Waals surface area contributed by atoms with Gasteiger partial charge in [0.15, 0.2) is 0 Å². The number of rotatable bonds is 3. The van der Waals surface area contributed by atoms with Crippen LogP contribution in [0.5, 0.6) is 5.75 Å². The maximum atomic E-state index is 13.2. The number of piperazine rings is 1. The fraction of sp³-hybridized carbons (Fsp3) is 0.556. The van der Waals surface area contributed by atoms with Crippen LogP contribution in [0.15, 0.2) is 24.3 Å². The number of benzene rings is 1. The second-order valence-corrected chi connectivity index (χ2v) is 6.43. The molecule has 1 saturated heterocycles. The van der Waals surface area contributed by atoms with Gasteiger partial charge in [0.1, 0.15) is 5.75 Å². The van der Waals surface area contributed by atoms with E-state index in [-0.39, 0.29) is 11.8 Å². The first-order chi connectivity index (χ1) is 11.1. The van der Waals surface area contributed by atoms with Crippen molar-refractivity contribution in [2.75, 3.05) is 33.3 Å². The van der Waals surface area contributed by atoms with Crippen LogP contribution in [0.4, 0.5) is 0 Å². The predicted molar refractivity (Wildman–Crippen MR) is 87.4 cm³/mol. The summed E-state index contributed by atoms with van der Waals surface area (Å²) in [4.78, 5) is 28.4. The number of nitrogens with zero attached hydrogens (tertiary/aromatic N) is 2. The molecule has 0 unspecified atom stereocenters. The van der Waals surface area contributed by atoms with Crippen LogP contribution in [0.3, 0.4) is 0 Å². The van der Waals surface area contributed by atoms with Crippen molar-refractivity contribution in [3.63, 3.8) is 0 Å². The minimum atomic E-state index is -0.439. The molecule has 1 aromatic rings. The Morgan fingerprint density at radius 2 is 1.65 bits per heavy atom. The van der Waals surface area contributed by atoms with Crippen LogP contribution >= 0.6 is 0 Å². The highest BCUT2D eigenvalue weighted by molar-refractivity contribution is 5.90. The van der Waals surface area contributed by atoms with Crippen LogP contribution in [0.25, 0.3) is 0 Å². The fourth-order valence-corrected chi connectivity index (χ4v) is 3.70. The molecule has 1 aromatic carbocycles. The SMILES string of the molecule is COc1ccccc1C1(C(=O)N2CCN(C(C)=O)CC2)CCC1. The van der Waals surface area contributed by atoms with Crippen molar-refractivity contribution in [3.05, 3.63) is 29.8 Å². The summed E-state index contributed by atoms with van der Waals surface area (Å²) in [6.07, 6.45) is 2.81. The van der Waals surface area contributed by atoms with Gasteiger partial charge >= 0.3 is 0 Å². The van der Waals surface area contributed by atoms with Crippen molar-refractivity contribution in [2.45, 2.75) is 31.6 Å². The van der Waals surface area contributed by atoms with Gasteiger partial charge in [0, 0.05) is 38.7 Å². The topological polar surface area (TPSA) is 49.9 Å². The molecule has 0 bridgehead atoms. The second-order valence-electron chi connectivity index (χ2n) is 6.43. The van der Waals surface area contributed by atoms with Crippen LogP contribution in [0, 0.1) is 0 Å². The Bertz CT molecular complexity index is 602. The number of hydrogen-bond donors (Lipinski definition) is 0. The first kappa shape index (κ1) is 15.8. The Morgan fingerprint density at radius 1 is 1.04 bits per heavy atom. The van der Waals surface area contributed by atoms with Crippen LogP contribution in [0.1, 0.15) is 31.7 Å². The van der Waals surface area contributed by atoms with Gasteiger partial charge in [-0.1, -0.05) is 24.6 Å². The maximum absolute atomic E-state index is 13.2. The van der Waals surface area contributed by atoms with Gasteiger partial charge < -0.3 is 14.5 Å². The number of para-hydroxylation sites is 1. The van der Waals surface area contributed by atoms with Crippen LogP contribution in [0.2, 0.25) is 0 Å². The summed E-state index contributed by atoms with van der Waals surface area (Å²) < 4.78 is 5.49. The molecule has 1 saturated carbocycles.